The Bertz CT molecular complexity index is 1520. The molecule has 1 aliphatic rings. The zero-order valence-electron chi connectivity index (χ0n) is 24.0. The lowest BCUT2D eigenvalue weighted by Gasteiger charge is -2.24. The van der Waals surface area contributed by atoms with Crippen LogP contribution in [0.3, 0.4) is 0 Å². The summed E-state index contributed by atoms with van der Waals surface area (Å²) in [4.78, 5) is 62.7. The quantitative estimate of drug-likeness (QED) is 0.199. The summed E-state index contributed by atoms with van der Waals surface area (Å²) >= 11 is 0. The van der Waals surface area contributed by atoms with E-state index >= 15 is 0 Å². The Morgan fingerprint density at radius 3 is 2.36 bits per heavy atom. The van der Waals surface area contributed by atoms with E-state index in [9.17, 15) is 19.2 Å². The van der Waals surface area contributed by atoms with Crippen LogP contribution in [0.5, 0.6) is 0 Å². The molecule has 2 unspecified atom stereocenters. The van der Waals surface area contributed by atoms with Gasteiger partial charge in [-0.2, -0.15) is 4.98 Å². The third kappa shape index (κ3) is 6.97. The number of nitrogens with zero attached hydrogens (tertiary/aromatic N) is 6. The van der Waals surface area contributed by atoms with E-state index in [4.69, 9.17) is 18.9 Å². The zero-order chi connectivity index (χ0) is 30.4. The summed E-state index contributed by atoms with van der Waals surface area (Å²) < 4.78 is 23.8. The number of azo groups is 1. The van der Waals surface area contributed by atoms with Crippen molar-refractivity contribution in [2.45, 2.75) is 65.1 Å². The molecule has 15 heteroatoms. The Balaban J connectivity index is 1.91. The summed E-state index contributed by atoms with van der Waals surface area (Å²) in [6.07, 6.45) is -2.94. The van der Waals surface area contributed by atoms with Crippen LogP contribution in [0, 0.1) is 0 Å². The standard InChI is InChI=1S/C27H33N7O8/c1-6-7-13-33(5)26-29-23-20(24(38)30-26)28-27(32-31-18-11-9-8-10-12-18)34(23)25-22(41-17(4)37)21(40-16(3)36)19(42-25)14-39-15(2)35/h8-12,19,21-22,25H,6-7,13-14H2,1-5H3,(H,29,30,38)/b32-31+/t19-,21?,22?,25-/m1/s1. The van der Waals surface area contributed by atoms with Gasteiger partial charge in [-0.1, -0.05) is 31.5 Å². The molecule has 3 aromatic rings. The Morgan fingerprint density at radius 1 is 1.02 bits per heavy atom. The molecular weight excluding hydrogens is 550 g/mol. The topological polar surface area (TPSA) is 180 Å². The summed E-state index contributed by atoms with van der Waals surface area (Å²) in [7, 11) is 1.79. The zero-order valence-corrected chi connectivity index (χ0v) is 24.0. The fraction of sp³-hybridized carbons (Fsp3) is 0.481. The molecule has 4 rings (SSSR count). The van der Waals surface area contributed by atoms with Crippen molar-refractivity contribution in [3.8, 4) is 0 Å². The second-order valence-electron chi connectivity index (χ2n) is 9.67. The van der Waals surface area contributed by atoms with Gasteiger partial charge < -0.3 is 23.8 Å². The third-order valence-corrected chi connectivity index (χ3v) is 6.33. The molecule has 0 amide bonds. The summed E-state index contributed by atoms with van der Waals surface area (Å²) in [5, 5.41) is 8.52. The fourth-order valence-corrected chi connectivity index (χ4v) is 4.45. The van der Waals surface area contributed by atoms with Gasteiger partial charge in [-0.25, -0.2) is 4.98 Å². The van der Waals surface area contributed by atoms with Crippen LogP contribution in [0.4, 0.5) is 17.6 Å². The SMILES string of the molecule is CCCCN(C)c1nc2c(nc(/N=N/c3ccccc3)n2[C@@H]2O[C@H](COC(C)=O)C(OC(C)=O)C2OC(C)=O)c(=O)[nH]1. The van der Waals surface area contributed by atoms with Crippen LogP contribution < -0.4 is 10.5 Å². The van der Waals surface area contributed by atoms with Gasteiger partial charge in [-0.05, 0) is 18.6 Å². The number of rotatable bonds is 11. The molecule has 0 spiro atoms. The summed E-state index contributed by atoms with van der Waals surface area (Å²) in [6, 6.07) is 8.83. The maximum absolute atomic E-state index is 13.2. The normalized spacial score (nSPS) is 20.1. The minimum absolute atomic E-state index is 0.0657. The van der Waals surface area contributed by atoms with Crippen LogP contribution in [-0.2, 0) is 33.3 Å². The number of hydrogen-bond acceptors (Lipinski definition) is 13. The number of anilines is 1. The molecule has 42 heavy (non-hydrogen) atoms. The van der Waals surface area contributed by atoms with Crippen LogP contribution in [0.15, 0.2) is 45.4 Å². The fourth-order valence-electron chi connectivity index (χ4n) is 4.45. The van der Waals surface area contributed by atoms with Crippen LogP contribution in [0.2, 0.25) is 0 Å². The minimum Gasteiger partial charge on any atom is -0.463 e. The van der Waals surface area contributed by atoms with E-state index < -0.39 is 48.0 Å². The number of carbonyl (C=O) groups is 3. The van der Waals surface area contributed by atoms with Gasteiger partial charge >= 0.3 is 17.9 Å². The van der Waals surface area contributed by atoms with Crippen LogP contribution >= 0.6 is 0 Å². The second-order valence-corrected chi connectivity index (χ2v) is 9.67. The third-order valence-electron chi connectivity index (χ3n) is 6.33. The lowest BCUT2D eigenvalue weighted by molar-refractivity contribution is -0.166. The number of nitrogens with one attached hydrogen (secondary N) is 1. The molecule has 3 heterocycles. The molecule has 0 aliphatic carbocycles. The van der Waals surface area contributed by atoms with Gasteiger partial charge in [0.2, 0.25) is 5.95 Å². The predicted molar refractivity (Wildman–Crippen MR) is 149 cm³/mol. The van der Waals surface area contributed by atoms with E-state index in [-0.39, 0.29) is 29.7 Å². The van der Waals surface area contributed by atoms with E-state index in [2.05, 4.69) is 25.2 Å². The predicted octanol–water partition coefficient (Wildman–Crippen LogP) is 3.10. The monoisotopic (exact) mass is 583 g/mol. The maximum atomic E-state index is 13.2. The average Bonchev–Trinajstić information content (AvgIpc) is 3.46. The molecule has 1 aromatic carbocycles. The molecule has 1 fully saturated rings. The highest BCUT2D eigenvalue weighted by Crippen LogP contribution is 2.39. The van der Waals surface area contributed by atoms with E-state index in [0.29, 0.717) is 12.2 Å². The molecule has 0 radical (unpaired) electrons. The first-order valence-corrected chi connectivity index (χ1v) is 13.4. The van der Waals surface area contributed by atoms with Crippen molar-refractivity contribution >= 4 is 46.7 Å². The van der Waals surface area contributed by atoms with Gasteiger partial charge in [-0.3, -0.25) is 28.7 Å². The van der Waals surface area contributed by atoms with Gasteiger partial charge in [0.25, 0.3) is 11.5 Å². The van der Waals surface area contributed by atoms with Gasteiger partial charge in [0, 0.05) is 34.4 Å². The number of unbranched alkanes of at least 4 members (excludes halogenated alkanes) is 1. The van der Waals surface area contributed by atoms with E-state index in [1.807, 2.05) is 13.0 Å². The second kappa shape index (κ2) is 13.3. The van der Waals surface area contributed by atoms with Crippen molar-refractivity contribution in [3.05, 3.63) is 40.7 Å². The Hall–Kier alpha value is -4.66. The molecule has 2 aromatic heterocycles. The molecule has 1 N–H and O–H groups in total. The van der Waals surface area contributed by atoms with Crippen molar-refractivity contribution in [1.29, 1.82) is 0 Å². The molecule has 1 aliphatic heterocycles. The summed E-state index contributed by atoms with van der Waals surface area (Å²) in [5.41, 5.74) is -0.0334. The van der Waals surface area contributed by atoms with Crippen molar-refractivity contribution in [2.24, 2.45) is 10.2 Å². The van der Waals surface area contributed by atoms with Gasteiger partial charge in [0.1, 0.15) is 12.7 Å². The van der Waals surface area contributed by atoms with Crippen LogP contribution in [0.25, 0.3) is 11.2 Å². The highest BCUT2D eigenvalue weighted by atomic mass is 16.7. The van der Waals surface area contributed by atoms with E-state index in [1.54, 1.807) is 36.2 Å². The Labute approximate surface area is 240 Å². The van der Waals surface area contributed by atoms with Gasteiger partial charge in [0.05, 0.1) is 5.69 Å². The number of aromatic nitrogens is 4. The molecule has 1 saturated heterocycles. The lowest BCUT2D eigenvalue weighted by atomic mass is 10.1. The van der Waals surface area contributed by atoms with Gasteiger partial charge in [0.15, 0.2) is 29.6 Å². The number of esters is 3. The molecule has 0 saturated carbocycles. The smallest absolute Gasteiger partial charge is 0.303 e. The van der Waals surface area contributed by atoms with Crippen molar-refractivity contribution in [2.75, 3.05) is 25.1 Å². The van der Waals surface area contributed by atoms with Gasteiger partial charge in [-0.15, -0.1) is 10.2 Å². The first kappa shape index (κ1) is 30.3. The van der Waals surface area contributed by atoms with Crippen LogP contribution in [-0.4, -0.2) is 75.9 Å². The number of benzene rings is 1. The number of H-pyrrole nitrogens is 1. The van der Waals surface area contributed by atoms with Crippen LogP contribution in [0.1, 0.15) is 46.8 Å². The maximum Gasteiger partial charge on any atom is 0.303 e. The molecule has 0 bridgehead atoms. The summed E-state index contributed by atoms with van der Waals surface area (Å²) in [5.74, 6) is -1.78. The van der Waals surface area contributed by atoms with Crippen molar-refractivity contribution < 1.29 is 33.3 Å². The first-order chi connectivity index (χ1) is 20.1. The molecule has 4 atom stereocenters. The van der Waals surface area contributed by atoms with E-state index in [0.717, 1.165) is 12.8 Å². The highest BCUT2D eigenvalue weighted by Gasteiger charge is 2.52. The molecular formula is C27H33N7O8. The minimum atomic E-state index is -1.25. The molecule has 15 nitrogen and oxygen atoms in total. The average molecular weight is 584 g/mol. The first-order valence-electron chi connectivity index (χ1n) is 13.4. The number of hydrogen-bond donors (Lipinski definition) is 1. The lowest BCUT2D eigenvalue weighted by Crippen LogP contribution is -2.40. The number of imidazole rings is 1. The number of carbonyl (C=O) groups excluding carboxylic acids is 3. The Kier molecular flexibility index (Phi) is 9.62. The number of fused-ring (bicyclic) bond motifs is 1. The largest absolute Gasteiger partial charge is 0.463 e. The van der Waals surface area contributed by atoms with E-state index in [1.165, 1.54) is 25.3 Å². The Morgan fingerprint density at radius 2 is 1.71 bits per heavy atom. The number of ether oxygens (including phenoxy) is 4. The highest BCUT2D eigenvalue weighted by molar-refractivity contribution is 5.75. The van der Waals surface area contributed by atoms with Crippen molar-refractivity contribution in [1.82, 2.24) is 19.5 Å². The number of aromatic amines is 1. The molecule has 224 valence electrons. The van der Waals surface area contributed by atoms with Crippen molar-refractivity contribution in [3.63, 3.8) is 0 Å². The summed E-state index contributed by atoms with van der Waals surface area (Å²) in [6.45, 7) is 5.95.